The molecule has 0 aromatic heterocycles. The van der Waals surface area contributed by atoms with Gasteiger partial charge in [0.2, 0.25) is 0 Å². The van der Waals surface area contributed by atoms with E-state index in [0.717, 1.165) is 25.7 Å². The van der Waals surface area contributed by atoms with Crippen molar-refractivity contribution in [2.24, 2.45) is 11.7 Å². The summed E-state index contributed by atoms with van der Waals surface area (Å²) < 4.78 is 36.5. The van der Waals surface area contributed by atoms with Crippen LogP contribution in [0.1, 0.15) is 25.7 Å². The van der Waals surface area contributed by atoms with Crippen LogP contribution in [-0.2, 0) is 0 Å². The van der Waals surface area contributed by atoms with Crippen LogP contribution in [0, 0.1) is 5.92 Å². The summed E-state index contributed by atoms with van der Waals surface area (Å²) in [5, 5.41) is 0. The molecule has 1 unspecified atom stereocenters. The zero-order chi connectivity index (χ0) is 11.3. The normalized spacial score (nSPS) is 25.2. The van der Waals surface area contributed by atoms with Gasteiger partial charge in [-0.3, -0.25) is 4.90 Å². The van der Waals surface area contributed by atoms with E-state index in [2.05, 4.69) is 0 Å². The third kappa shape index (κ3) is 5.37. The lowest BCUT2D eigenvalue weighted by Gasteiger charge is -2.21. The van der Waals surface area contributed by atoms with Crippen LogP contribution < -0.4 is 5.73 Å². The molecular weight excluding hydrogens is 205 g/mol. The van der Waals surface area contributed by atoms with Gasteiger partial charge in [-0.1, -0.05) is 0 Å². The first-order valence-electron chi connectivity index (χ1n) is 5.50. The number of nitrogens with two attached hydrogens (primary N) is 1. The third-order valence-corrected chi connectivity index (χ3v) is 2.92. The maximum atomic E-state index is 12.2. The number of likely N-dealkylation sites (tertiary alicyclic amines) is 1. The molecule has 0 spiro atoms. The molecule has 0 bridgehead atoms. The van der Waals surface area contributed by atoms with Gasteiger partial charge in [0.1, 0.15) is 0 Å². The van der Waals surface area contributed by atoms with Crippen molar-refractivity contribution in [2.45, 2.75) is 31.9 Å². The highest BCUT2D eigenvalue weighted by Gasteiger charge is 2.31. The van der Waals surface area contributed by atoms with Gasteiger partial charge in [0, 0.05) is 0 Å². The minimum absolute atomic E-state index is 0.522. The van der Waals surface area contributed by atoms with Crippen LogP contribution in [0.4, 0.5) is 13.2 Å². The molecule has 0 saturated carbocycles. The highest BCUT2D eigenvalue weighted by Crippen LogP contribution is 2.23. The molecule has 0 aliphatic carbocycles. The monoisotopic (exact) mass is 224 g/mol. The average Bonchev–Trinajstić information content (AvgIpc) is 2.29. The Hall–Kier alpha value is -0.290. The zero-order valence-corrected chi connectivity index (χ0v) is 8.89. The number of nitrogens with zero attached hydrogens (tertiary/aromatic N) is 1. The van der Waals surface area contributed by atoms with Crippen molar-refractivity contribution in [1.82, 2.24) is 4.90 Å². The molecule has 1 fully saturated rings. The maximum Gasteiger partial charge on any atom is 0.401 e. The molecule has 1 atom stereocenters. The van der Waals surface area contributed by atoms with Gasteiger partial charge in [0.25, 0.3) is 0 Å². The standard InChI is InChI=1S/C10H19F3N2/c11-10(12,13)8-15-6-1-2-9(3-5-14)4-7-15/h9H,1-8,14H2. The molecule has 1 saturated heterocycles. The highest BCUT2D eigenvalue weighted by molar-refractivity contribution is 4.72. The Morgan fingerprint density at radius 1 is 1.20 bits per heavy atom. The predicted octanol–water partition coefficient (Wildman–Crippen LogP) is 2.00. The Labute approximate surface area is 88.6 Å². The van der Waals surface area contributed by atoms with Crippen LogP contribution in [0.25, 0.3) is 0 Å². The molecule has 15 heavy (non-hydrogen) atoms. The Bertz CT molecular complexity index is 182. The van der Waals surface area contributed by atoms with Gasteiger partial charge in [0.15, 0.2) is 0 Å². The van der Waals surface area contributed by atoms with Crippen LogP contribution in [-0.4, -0.2) is 37.3 Å². The van der Waals surface area contributed by atoms with Crippen LogP contribution in [0.5, 0.6) is 0 Å². The molecule has 2 N–H and O–H groups in total. The van der Waals surface area contributed by atoms with E-state index in [-0.39, 0.29) is 0 Å². The second-order valence-corrected chi connectivity index (χ2v) is 4.27. The lowest BCUT2D eigenvalue weighted by atomic mass is 9.97. The molecule has 0 aromatic rings. The number of hydrogen-bond acceptors (Lipinski definition) is 2. The molecule has 1 rings (SSSR count). The number of rotatable bonds is 3. The van der Waals surface area contributed by atoms with Gasteiger partial charge < -0.3 is 5.73 Å². The van der Waals surface area contributed by atoms with Crippen molar-refractivity contribution in [1.29, 1.82) is 0 Å². The van der Waals surface area contributed by atoms with Crippen molar-refractivity contribution in [3.05, 3.63) is 0 Å². The fourth-order valence-corrected chi connectivity index (χ4v) is 2.16. The first-order valence-corrected chi connectivity index (χ1v) is 5.50. The molecule has 1 aliphatic heterocycles. The van der Waals surface area contributed by atoms with Gasteiger partial charge in [0.05, 0.1) is 6.54 Å². The molecule has 1 aliphatic rings. The molecule has 0 radical (unpaired) electrons. The fraction of sp³-hybridized carbons (Fsp3) is 1.00. The van der Waals surface area contributed by atoms with E-state index in [0.29, 0.717) is 25.6 Å². The van der Waals surface area contributed by atoms with Crippen molar-refractivity contribution < 1.29 is 13.2 Å². The highest BCUT2D eigenvalue weighted by atomic mass is 19.4. The smallest absolute Gasteiger partial charge is 0.330 e. The number of hydrogen-bond donors (Lipinski definition) is 1. The van der Waals surface area contributed by atoms with Gasteiger partial charge in [-0.05, 0) is 51.2 Å². The van der Waals surface area contributed by atoms with Crippen molar-refractivity contribution in [3.8, 4) is 0 Å². The summed E-state index contributed by atoms with van der Waals surface area (Å²) in [5.74, 6) is 0.522. The van der Waals surface area contributed by atoms with E-state index in [9.17, 15) is 13.2 Å². The SMILES string of the molecule is NCCC1CCCN(CC(F)(F)F)CC1. The summed E-state index contributed by atoms with van der Waals surface area (Å²) >= 11 is 0. The Kier molecular flexibility index (Phi) is 4.86. The minimum Gasteiger partial charge on any atom is -0.330 e. The van der Waals surface area contributed by atoms with Crippen LogP contribution >= 0.6 is 0 Å². The second kappa shape index (κ2) is 5.70. The van der Waals surface area contributed by atoms with E-state index >= 15 is 0 Å². The molecule has 5 heteroatoms. The summed E-state index contributed by atoms with van der Waals surface area (Å²) in [6.07, 6.45) is -0.382. The molecular formula is C10H19F3N2. The largest absolute Gasteiger partial charge is 0.401 e. The van der Waals surface area contributed by atoms with E-state index < -0.39 is 12.7 Å². The molecule has 2 nitrogen and oxygen atoms in total. The molecule has 90 valence electrons. The Morgan fingerprint density at radius 2 is 1.93 bits per heavy atom. The van der Waals surface area contributed by atoms with Crippen molar-refractivity contribution in [3.63, 3.8) is 0 Å². The minimum atomic E-state index is -4.06. The van der Waals surface area contributed by atoms with Crippen molar-refractivity contribution >= 4 is 0 Å². The fourth-order valence-electron chi connectivity index (χ4n) is 2.16. The van der Waals surface area contributed by atoms with Gasteiger partial charge in [-0.15, -0.1) is 0 Å². The van der Waals surface area contributed by atoms with E-state index in [1.807, 2.05) is 0 Å². The Balaban J connectivity index is 2.32. The molecule has 0 aromatic carbocycles. The topological polar surface area (TPSA) is 29.3 Å². The van der Waals surface area contributed by atoms with Crippen LogP contribution in [0.2, 0.25) is 0 Å². The van der Waals surface area contributed by atoms with Crippen LogP contribution in [0.3, 0.4) is 0 Å². The van der Waals surface area contributed by atoms with Gasteiger partial charge >= 0.3 is 6.18 Å². The van der Waals surface area contributed by atoms with E-state index in [1.54, 1.807) is 0 Å². The van der Waals surface area contributed by atoms with Crippen LogP contribution in [0.15, 0.2) is 0 Å². The Morgan fingerprint density at radius 3 is 2.53 bits per heavy atom. The van der Waals surface area contributed by atoms with E-state index in [1.165, 1.54) is 4.90 Å². The van der Waals surface area contributed by atoms with Gasteiger partial charge in [-0.25, -0.2) is 0 Å². The summed E-state index contributed by atoms with van der Waals surface area (Å²) in [5.41, 5.74) is 5.45. The van der Waals surface area contributed by atoms with E-state index in [4.69, 9.17) is 5.73 Å². The first-order chi connectivity index (χ1) is 7.01. The molecule has 1 heterocycles. The third-order valence-electron chi connectivity index (χ3n) is 2.92. The average molecular weight is 224 g/mol. The first kappa shape index (κ1) is 12.8. The number of alkyl halides is 3. The lowest BCUT2D eigenvalue weighted by molar-refractivity contribution is -0.145. The number of halogens is 3. The summed E-state index contributed by atoms with van der Waals surface area (Å²) in [4.78, 5) is 1.51. The summed E-state index contributed by atoms with van der Waals surface area (Å²) in [7, 11) is 0. The van der Waals surface area contributed by atoms with Crippen molar-refractivity contribution in [2.75, 3.05) is 26.2 Å². The predicted molar refractivity (Wildman–Crippen MR) is 53.5 cm³/mol. The lowest BCUT2D eigenvalue weighted by Crippen LogP contribution is -2.35. The quantitative estimate of drug-likeness (QED) is 0.794. The van der Waals surface area contributed by atoms with Gasteiger partial charge in [-0.2, -0.15) is 13.2 Å². The maximum absolute atomic E-state index is 12.2. The summed E-state index contributed by atoms with van der Waals surface area (Å²) in [6, 6.07) is 0. The second-order valence-electron chi connectivity index (χ2n) is 4.27. The zero-order valence-electron chi connectivity index (χ0n) is 8.89. The summed E-state index contributed by atoms with van der Waals surface area (Å²) in [6.45, 7) is 1.01. The molecule has 0 amide bonds.